The topological polar surface area (TPSA) is 135 Å². The first-order valence-electron chi connectivity index (χ1n) is 13.5. The van der Waals surface area contributed by atoms with Crippen LogP contribution in [0.5, 0.6) is 11.5 Å². The maximum atomic E-state index is 13.7. The van der Waals surface area contributed by atoms with Crippen LogP contribution < -0.4 is 14.8 Å². The van der Waals surface area contributed by atoms with Gasteiger partial charge in [0.25, 0.3) is 0 Å². The molecule has 0 radical (unpaired) electrons. The second-order valence-electron chi connectivity index (χ2n) is 9.70. The molecule has 1 aliphatic heterocycles. The third-order valence-electron chi connectivity index (χ3n) is 7.18. The van der Waals surface area contributed by atoms with E-state index in [0.29, 0.717) is 55.1 Å². The maximum absolute atomic E-state index is 13.7. The van der Waals surface area contributed by atoms with Gasteiger partial charge in [0, 0.05) is 43.0 Å². The summed E-state index contributed by atoms with van der Waals surface area (Å²) in [5.41, 5.74) is 1.97. The number of aliphatic hydroxyl groups is 2. The SMILES string of the molecule is CCOCCCN(C(=O)Cc1ccccc1)C1C=C(C(=O)NCCO)C2c3cc(C=O)cc(OC)c3OC2C1O. The zero-order valence-electron chi connectivity index (χ0n) is 22.7. The Bertz CT molecular complexity index is 1230. The molecule has 2 aliphatic rings. The highest BCUT2D eigenvalue weighted by Crippen LogP contribution is 2.51. The Hall–Kier alpha value is -3.73. The van der Waals surface area contributed by atoms with Gasteiger partial charge in [-0.05, 0) is 37.1 Å². The van der Waals surface area contributed by atoms with Gasteiger partial charge in [-0.1, -0.05) is 30.3 Å². The van der Waals surface area contributed by atoms with Crippen LogP contribution >= 0.6 is 0 Å². The number of methoxy groups -OCH3 is 1. The lowest BCUT2D eigenvalue weighted by Crippen LogP contribution is -2.56. The summed E-state index contributed by atoms with van der Waals surface area (Å²) in [5.74, 6) is -0.752. The van der Waals surface area contributed by atoms with Gasteiger partial charge in [-0.15, -0.1) is 0 Å². The molecule has 40 heavy (non-hydrogen) atoms. The van der Waals surface area contributed by atoms with Gasteiger partial charge in [-0.2, -0.15) is 0 Å². The van der Waals surface area contributed by atoms with E-state index < -0.39 is 30.1 Å². The van der Waals surface area contributed by atoms with Crippen molar-refractivity contribution >= 4 is 18.1 Å². The molecule has 2 aromatic carbocycles. The largest absolute Gasteiger partial charge is 0.493 e. The summed E-state index contributed by atoms with van der Waals surface area (Å²) >= 11 is 0. The van der Waals surface area contributed by atoms with Crippen molar-refractivity contribution in [1.29, 1.82) is 0 Å². The molecule has 214 valence electrons. The Morgan fingerprint density at radius 2 is 1.98 bits per heavy atom. The Morgan fingerprint density at radius 1 is 1.20 bits per heavy atom. The minimum absolute atomic E-state index is 0.0250. The number of rotatable bonds is 13. The van der Waals surface area contributed by atoms with Crippen molar-refractivity contribution in [3.63, 3.8) is 0 Å². The molecular formula is C30H36N2O8. The first kappa shape index (κ1) is 29.3. The van der Waals surface area contributed by atoms with Gasteiger partial charge < -0.3 is 34.6 Å². The minimum Gasteiger partial charge on any atom is -0.493 e. The van der Waals surface area contributed by atoms with Gasteiger partial charge in [-0.3, -0.25) is 14.4 Å². The highest BCUT2D eigenvalue weighted by molar-refractivity contribution is 5.96. The number of ether oxygens (including phenoxy) is 3. The quantitative estimate of drug-likeness (QED) is 0.252. The molecule has 0 saturated carbocycles. The highest BCUT2D eigenvalue weighted by atomic mass is 16.5. The minimum atomic E-state index is -1.19. The summed E-state index contributed by atoms with van der Waals surface area (Å²) in [6, 6.07) is 11.6. The number of benzene rings is 2. The fourth-order valence-electron chi connectivity index (χ4n) is 5.35. The van der Waals surface area contributed by atoms with Crippen LogP contribution in [0, 0.1) is 0 Å². The fourth-order valence-corrected chi connectivity index (χ4v) is 5.35. The zero-order valence-corrected chi connectivity index (χ0v) is 22.7. The molecule has 1 aliphatic carbocycles. The van der Waals surface area contributed by atoms with Crippen molar-refractivity contribution in [3.05, 3.63) is 70.8 Å². The first-order valence-corrected chi connectivity index (χ1v) is 13.5. The van der Waals surface area contributed by atoms with Gasteiger partial charge in [0.05, 0.1) is 32.1 Å². The fraction of sp³-hybridized carbons (Fsp3) is 0.433. The van der Waals surface area contributed by atoms with Crippen LogP contribution in [0.15, 0.2) is 54.1 Å². The number of hydrogen-bond acceptors (Lipinski definition) is 8. The second kappa shape index (κ2) is 13.6. The van der Waals surface area contributed by atoms with Crippen molar-refractivity contribution in [2.24, 2.45) is 0 Å². The van der Waals surface area contributed by atoms with E-state index in [1.165, 1.54) is 13.2 Å². The van der Waals surface area contributed by atoms with E-state index in [0.717, 1.165) is 5.56 Å². The van der Waals surface area contributed by atoms with Crippen LogP contribution in [-0.2, 0) is 20.7 Å². The summed E-state index contributed by atoms with van der Waals surface area (Å²) in [6.07, 6.45) is 0.821. The molecule has 4 atom stereocenters. The normalized spacial score (nSPS) is 20.9. The Morgan fingerprint density at radius 3 is 2.65 bits per heavy atom. The molecule has 0 fully saturated rings. The van der Waals surface area contributed by atoms with Crippen LogP contribution in [0.3, 0.4) is 0 Å². The van der Waals surface area contributed by atoms with Crippen LogP contribution in [-0.4, -0.2) is 91.5 Å². The average Bonchev–Trinajstić information content (AvgIpc) is 3.36. The molecule has 2 aromatic rings. The van der Waals surface area contributed by atoms with Gasteiger partial charge in [0.15, 0.2) is 11.5 Å². The third-order valence-corrected chi connectivity index (χ3v) is 7.18. The molecule has 3 N–H and O–H groups in total. The lowest BCUT2D eigenvalue weighted by Gasteiger charge is -2.40. The summed E-state index contributed by atoms with van der Waals surface area (Å²) in [6.45, 7) is 2.92. The number of fused-ring (bicyclic) bond motifs is 3. The molecule has 0 bridgehead atoms. The molecule has 0 saturated heterocycles. The van der Waals surface area contributed by atoms with Gasteiger partial charge in [0.2, 0.25) is 11.8 Å². The van der Waals surface area contributed by atoms with Crippen molar-refractivity contribution in [3.8, 4) is 11.5 Å². The van der Waals surface area contributed by atoms with Crippen molar-refractivity contribution in [2.75, 3.05) is 40.0 Å². The highest BCUT2D eigenvalue weighted by Gasteiger charge is 2.51. The average molecular weight is 553 g/mol. The standard InChI is InChI=1S/C30H36N2O8/c1-3-39-13-7-11-32(25(35)16-19-8-5-4-6-9-19)23-17-22(30(37)31-10-12-33)26-21-14-20(18-34)15-24(38-2)28(21)40-29(26)27(23)36/h4-6,8-9,14-15,17-18,23,26-27,29,33,36H,3,7,10-13,16H2,1-2H3,(H,31,37). The predicted octanol–water partition coefficient (Wildman–Crippen LogP) is 1.63. The number of nitrogens with zero attached hydrogens (tertiary/aromatic N) is 1. The summed E-state index contributed by atoms with van der Waals surface area (Å²) in [5, 5.41) is 23.7. The smallest absolute Gasteiger partial charge is 0.247 e. The van der Waals surface area contributed by atoms with Crippen LogP contribution in [0.1, 0.15) is 40.7 Å². The van der Waals surface area contributed by atoms with Gasteiger partial charge in [0.1, 0.15) is 18.5 Å². The maximum Gasteiger partial charge on any atom is 0.247 e. The molecule has 0 aromatic heterocycles. The Labute approximate surface area is 233 Å². The van der Waals surface area contributed by atoms with Crippen molar-refractivity contribution < 1.29 is 38.8 Å². The molecule has 4 rings (SSSR count). The number of aldehydes is 1. The van der Waals surface area contributed by atoms with Crippen LogP contribution in [0.25, 0.3) is 0 Å². The summed E-state index contributed by atoms with van der Waals surface area (Å²) in [4.78, 5) is 40.3. The van der Waals surface area contributed by atoms with Crippen LogP contribution in [0.2, 0.25) is 0 Å². The molecule has 0 spiro atoms. The first-order chi connectivity index (χ1) is 19.4. The van der Waals surface area contributed by atoms with E-state index >= 15 is 0 Å². The molecule has 1 heterocycles. The monoisotopic (exact) mass is 552 g/mol. The Balaban J connectivity index is 1.75. The zero-order chi connectivity index (χ0) is 28.6. The van der Waals surface area contributed by atoms with Gasteiger partial charge >= 0.3 is 0 Å². The number of hydrogen-bond donors (Lipinski definition) is 3. The third kappa shape index (κ3) is 6.19. The summed E-state index contributed by atoms with van der Waals surface area (Å²) < 4.78 is 17.2. The van der Waals surface area contributed by atoms with Crippen molar-refractivity contribution in [1.82, 2.24) is 10.2 Å². The van der Waals surface area contributed by atoms with E-state index in [4.69, 9.17) is 14.2 Å². The molecule has 2 amide bonds. The van der Waals surface area contributed by atoms with E-state index in [1.54, 1.807) is 17.0 Å². The molecule has 10 nitrogen and oxygen atoms in total. The van der Waals surface area contributed by atoms with Crippen LogP contribution in [0.4, 0.5) is 0 Å². The van der Waals surface area contributed by atoms with E-state index in [2.05, 4.69) is 5.32 Å². The van der Waals surface area contributed by atoms with E-state index in [1.807, 2.05) is 37.3 Å². The number of aliphatic hydroxyl groups excluding tert-OH is 2. The lowest BCUT2D eigenvalue weighted by atomic mass is 9.77. The lowest BCUT2D eigenvalue weighted by molar-refractivity contribution is -0.136. The second-order valence-corrected chi connectivity index (χ2v) is 9.70. The molecular weight excluding hydrogens is 516 g/mol. The predicted molar refractivity (Wildman–Crippen MR) is 146 cm³/mol. The number of amides is 2. The summed E-state index contributed by atoms with van der Waals surface area (Å²) in [7, 11) is 1.45. The number of carbonyl (C=O) groups is 3. The van der Waals surface area contributed by atoms with E-state index in [9.17, 15) is 24.6 Å². The number of carbonyl (C=O) groups excluding carboxylic acids is 3. The molecule has 10 heteroatoms. The van der Waals surface area contributed by atoms with Crippen molar-refractivity contribution in [2.45, 2.75) is 43.9 Å². The van der Waals surface area contributed by atoms with E-state index in [-0.39, 0.29) is 31.1 Å². The number of nitrogens with one attached hydrogen (secondary N) is 1. The van der Waals surface area contributed by atoms with Gasteiger partial charge in [-0.25, -0.2) is 0 Å². The Kier molecular flexibility index (Phi) is 9.92. The molecule has 4 unspecified atom stereocenters.